The van der Waals surface area contributed by atoms with E-state index in [0.717, 1.165) is 12.8 Å². The molecule has 0 aliphatic carbocycles. The maximum Gasteiger partial charge on any atom is 0.310 e. The number of hydrogen-bond donors (Lipinski definition) is 2. The van der Waals surface area contributed by atoms with Crippen molar-refractivity contribution in [3.05, 3.63) is 12.7 Å². The minimum absolute atomic E-state index is 0.0821. The summed E-state index contributed by atoms with van der Waals surface area (Å²) in [4.78, 5) is 42.3. The number of carboxylic acid groups (broad SMARTS) is 1. The second-order valence-electron chi connectivity index (χ2n) is 8.94. The molecule has 3 fully saturated rings. The van der Waals surface area contributed by atoms with Gasteiger partial charge >= 0.3 is 5.97 Å². The topological polar surface area (TPSA) is 107 Å². The molecule has 1 spiro atoms. The third-order valence-electron chi connectivity index (χ3n) is 6.86. The molecular weight excluding hydrogens is 388 g/mol. The number of hydrogen-bond acceptors (Lipinski definition) is 5. The number of nitrogens with zero attached hydrogens (tertiary/aromatic N) is 2. The zero-order valence-electron chi connectivity index (χ0n) is 18.0. The lowest BCUT2D eigenvalue weighted by Gasteiger charge is -2.38. The van der Waals surface area contributed by atoms with Crippen LogP contribution in [-0.2, 0) is 19.1 Å². The van der Waals surface area contributed by atoms with E-state index in [1.54, 1.807) is 15.9 Å². The predicted molar refractivity (Wildman–Crippen MR) is 110 cm³/mol. The fourth-order valence-corrected chi connectivity index (χ4v) is 5.55. The quantitative estimate of drug-likeness (QED) is 0.385. The van der Waals surface area contributed by atoms with Crippen molar-refractivity contribution in [1.82, 2.24) is 9.80 Å². The van der Waals surface area contributed by atoms with E-state index in [1.165, 1.54) is 0 Å². The van der Waals surface area contributed by atoms with Crippen molar-refractivity contribution < 1.29 is 29.3 Å². The molecule has 2 unspecified atom stereocenters. The molecular formula is C22H34N2O6. The second-order valence-corrected chi connectivity index (χ2v) is 8.94. The van der Waals surface area contributed by atoms with E-state index < -0.39 is 35.6 Å². The van der Waals surface area contributed by atoms with Crippen LogP contribution >= 0.6 is 0 Å². The molecule has 0 saturated carbocycles. The maximum atomic E-state index is 13.7. The summed E-state index contributed by atoms with van der Waals surface area (Å²) in [7, 11) is 0. The second kappa shape index (κ2) is 9.06. The van der Waals surface area contributed by atoms with E-state index in [1.807, 2.05) is 13.8 Å². The number of aliphatic hydroxyl groups excluding tert-OH is 1. The van der Waals surface area contributed by atoms with Crippen molar-refractivity contribution in [3.8, 4) is 0 Å². The Kier molecular flexibility index (Phi) is 6.87. The van der Waals surface area contributed by atoms with Gasteiger partial charge in [-0.1, -0.05) is 18.9 Å². The first-order valence-electron chi connectivity index (χ1n) is 11.0. The van der Waals surface area contributed by atoms with Gasteiger partial charge in [0.2, 0.25) is 11.8 Å². The zero-order chi connectivity index (χ0) is 22.1. The molecule has 2 amide bonds. The smallest absolute Gasteiger partial charge is 0.310 e. The summed E-state index contributed by atoms with van der Waals surface area (Å²) >= 11 is 0. The Morgan fingerprint density at radius 3 is 2.63 bits per heavy atom. The first-order valence-corrected chi connectivity index (χ1v) is 11.0. The number of fused-ring (bicyclic) bond motifs is 1. The van der Waals surface area contributed by atoms with E-state index in [9.17, 15) is 19.5 Å². The van der Waals surface area contributed by atoms with Crippen LogP contribution in [0.25, 0.3) is 0 Å². The van der Waals surface area contributed by atoms with Crippen LogP contribution in [0.4, 0.5) is 0 Å². The molecule has 30 heavy (non-hydrogen) atoms. The summed E-state index contributed by atoms with van der Waals surface area (Å²) in [5, 5.41) is 18.7. The number of amides is 2. The van der Waals surface area contributed by atoms with Gasteiger partial charge in [0.05, 0.1) is 17.9 Å². The molecule has 8 heteroatoms. The molecule has 3 heterocycles. The van der Waals surface area contributed by atoms with Gasteiger partial charge < -0.3 is 24.7 Å². The lowest BCUT2D eigenvalue weighted by molar-refractivity contribution is -0.151. The number of likely N-dealkylation sites (tertiary alicyclic amines) is 1. The first kappa shape index (κ1) is 22.7. The monoisotopic (exact) mass is 422 g/mol. The molecule has 3 saturated heterocycles. The average Bonchev–Trinajstić information content (AvgIpc) is 3.33. The molecule has 0 radical (unpaired) electrons. The van der Waals surface area contributed by atoms with E-state index in [4.69, 9.17) is 9.84 Å². The Hall–Kier alpha value is -1.93. The Balaban J connectivity index is 1.92. The van der Waals surface area contributed by atoms with Crippen molar-refractivity contribution in [2.24, 2.45) is 11.8 Å². The van der Waals surface area contributed by atoms with E-state index in [-0.39, 0.29) is 24.5 Å². The fraction of sp³-hybridized carbons (Fsp3) is 0.773. The highest BCUT2D eigenvalue weighted by Gasteiger charge is 2.74. The molecule has 2 N–H and O–H groups in total. The molecule has 2 bridgehead atoms. The van der Waals surface area contributed by atoms with Crippen LogP contribution in [-0.4, -0.2) is 81.3 Å². The first-order chi connectivity index (χ1) is 14.3. The van der Waals surface area contributed by atoms with Gasteiger partial charge in [-0.25, -0.2) is 0 Å². The Bertz CT molecular complexity index is 695. The van der Waals surface area contributed by atoms with Crippen LogP contribution in [0.5, 0.6) is 0 Å². The fourth-order valence-electron chi connectivity index (χ4n) is 5.55. The summed E-state index contributed by atoms with van der Waals surface area (Å²) in [5.74, 6) is -3.19. The van der Waals surface area contributed by atoms with Crippen LogP contribution in [0.1, 0.15) is 52.4 Å². The van der Waals surface area contributed by atoms with Crippen LogP contribution in [0.15, 0.2) is 12.7 Å². The van der Waals surface area contributed by atoms with E-state index >= 15 is 0 Å². The average molecular weight is 423 g/mol. The molecule has 3 aliphatic heterocycles. The number of ether oxygens (including phenoxy) is 1. The van der Waals surface area contributed by atoms with Gasteiger partial charge in [0.1, 0.15) is 11.6 Å². The Morgan fingerprint density at radius 1 is 1.33 bits per heavy atom. The standard InChI is InChI=1S/C22H34N2O6/c1-4-11-23(14(2)3)20(27)18-22-10-9-15(30-22)16(21(28)29)17(22)19(26)24(18)12-7-5-6-8-13-25/h4,14-18,25H,1,5-13H2,2-3H3,(H,28,29)/t15-,16+,17+,18?,22?/m1/s1. The molecule has 3 rings (SSSR count). The predicted octanol–water partition coefficient (Wildman–Crippen LogP) is 1.42. The molecule has 3 aliphatic rings. The van der Waals surface area contributed by atoms with E-state index in [0.29, 0.717) is 38.8 Å². The number of carbonyl (C=O) groups is 3. The zero-order valence-corrected chi connectivity index (χ0v) is 18.0. The Labute approximate surface area is 177 Å². The van der Waals surface area contributed by atoms with Crippen LogP contribution < -0.4 is 0 Å². The number of rotatable bonds is 11. The summed E-state index contributed by atoms with van der Waals surface area (Å²) in [6.45, 7) is 8.46. The lowest BCUT2D eigenvalue weighted by atomic mass is 9.70. The third-order valence-corrected chi connectivity index (χ3v) is 6.86. The van der Waals surface area contributed by atoms with Crippen LogP contribution in [0.2, 0.25) is 0 Å². The summed E-state index contributed by atoms with van der Waals surface area (Å²) < 4.78 is 6.20. The number of carbonyl (C=O) groups excluding carboxylic acids is 2. The summed E-state index contributed by atoms with van der Waals surface area (Å²) in [6.07, 6.45) is 5.30. The van der Waals surface area contributed by atoms with Gasteiger partial charge in [0.15, 0.2) is 0 Å². The van der Waals surface area contributed by atoms with Crippen molar-refractivity contribution in [1.29, 1.82) is 0 Å². The summed E-state index contributed by atoms with van der Waals surface area (Å²) in [5.41, 5.74) is -1.05. The molecule has 168 valence electrons. The van der Waals surface area contributed by atoms with Crippen molar-refractivity contribution >= 4 is 17.8 Å². The minimum atomic E-state index is -1.05. The third kappa shape index (κ3) is 3.64. The molecule has 5 atom stereocenters. The van der Waals surface area contributed by atoms with Crippen LogP contribution in [0, 0.1) is 11.8 Å². The number of aliphatic carboxylic acids is 1. The normalized spacial score (nSPS) is 32.0. The molecule has 0 aromatic carbocycles. The summed E-state index contributed by atoms with van der Waals surface area (Å²) in [6, 6.07) is -0.883. The molecule has 0 aromatic rings. The van der Waals surface area contributed by atoms with Gasteiger partial charge in [0, 0.05) is 25.7 Å². The van der Waals surface area contributed by atoms with Gasteiger partial charge in [0.25, 0.3) is 0 Å². The van der Waals surface area contributed by atoms with Gasteiger partial charge in [-0.15, -0.1) is 6.58 Å². The van der Waals surface area contributed by atoms with Gasteiger partial charge in [-0.3, -0.25) is 14.4 Å². The van der Waals surface area contributed by atoms with Crippen molar-refractivity contribution in [2.45, 2.75) is 76.2 Å². The lowest BCUT2D eigenvalue weighted by Crippen LogP contribution is -2.57. The van der Waals surface area contributed by atoms with Crippen LogP contribution in [0.3, 0.4) is 0 Å². The number of unbranched alkanes of at least 4 members (excludes halogenated alkanes) is 3. The largest absolute Gasteiger partial charge is 0.481 e. The highest BCUT2D eigenvalue weighted by molar-refractivity contribution is 5.98. The number of carboxylic acids is 1. The van der Waals surface area contributed by atoms with Gasteiger partial charge in [-0.2, -0.15) is 0 Å². The molecule has 0 aromatic heterocycles. The van der Waals surface area contributed by atoms with Crippen molar-refractivity contribution in [2.75, 3.05) is 19.7 Å². The maximum absolute atomic E-state index is 13.7. The SMILES string of the molecule is C=CCN(C(=O)C1N(CCCCCCO)C(=O)[C@@H]2[C@@H](C(=O)O)[C@H]3CCC12O3)C(C)C. The number of aliphatic hydroxyl groups is 1. The Morgan fingerprint density at radius 2 is 2.03 bits per heavy atom. The van der Waals surface area contributed by atoms with Gasteiger partial charge in [-0.05, 0) is 39.5 Å². The van der Waals surface area contributed by atoms with Crippen molar-refractivity contribution in [3.63, 3.8) is 0 Å². The molecule has 8 nitrogen and oxygen atoms in total. The highest BCUT2D eigenvalue weighted by atomic mass is 16.5. The highest BCUT2D eigenvalue weighted by Crippen LogP contribution is 2.58. The van der Waals surface area contributed by atoms with E-state index in [2.05, 4.69) is 6.58 Å². The minimum Gasteiger partial charge on any atom is -0.481 e.